The quantitative estimate of drug-likeness (QED) is 0.494. The first-order valence-corrected chi connectivity index (χ1v) is 6.30. The van der Waals surface area contributed by atoms with Crippen LogP contribution in [0.3, 0.4) is 0 Å². The predicted octanol–water partition coefficient (Wildman–Crippen LogP) is -0.358. The van der Waals surface area contributed by atoms with Crippen molar-refractivity contribution < 1.29 is 14.3 Å². The molecule has 0 spiro atoms. The van der Waals surface area contributed by atoms with Crippen molar-refractivity contribution in [3.8, 4) is 0 Å². The lowest BCUT2D eigenvalue weighted by Crippen LogP contribution is -2.49. The van der Waals surface area contributed by atoms with Gasteiger partial charge in [-0.15, -0.1) is 0 Å². The molecule has 0 radical (unpaired) electrons. The molecule has 0 aliphatic rings. The maximum atomic E-state index is 11.7. The van der Waals surface area contributed by atoms with Gasteiger partial charge in [0.05, 0.1) is 13.2 Å². The lowest BCUT2D eigenvalue weighted by molar-refractivity contribution is -0.128. The minimum Gasteiger partial charge on any atom is -0.383 e. The van der Waals surface area contributed by atoms with Gasteiger partial charge in [0.2, 0.25) is 11.8 Å². The summed E-state index contributed by atoms with van der Waals surface area (Å²) in [5.74, 6) is -0.354. The normalized spacial score (nSPS) is 13.8. The standard InChI is InChI=1S/C12H25N3O3/c1-5-9(2)14-12(17)10(3)15-11(16)8-13-6-7-18-4/h9-10,13H,5-8H2,1-4H3,(H,14,17)(H,15,16). The van der Waals surface area contributed by atoms with E-state index in [-0.39, 0.29) is 24.4 Å². The van der Waals surface area contributed by atoms with Crippen LogP contribution in [-0.4, -0.2) is 50.7 Å². The van der Waals surface area contributed by atoms with Crippen molar-refractivity contribution in [1.82, 2.24) is 16.0 Å². The Morgan fingerprint density at radius 2 is 1.89 bits per heavy atom. The number of hydrogen-bond donors (Lipinski definition) is 3. The fourth-order valence-electron chi connectivity index (χ4n) is 1.20. The van der Waals surface area contributed by atoms with E-state index in [1.54, 1.807) is 14.0 Å². The third-order valence-electron chi connectivity index (χ3n) is 2.54. The SMILES string of the molecule is CCC(C)NC(=O)C(C)NC(=O)CNCCOC. The summed E-state index contributed by atoms with van der Waals surface area (Å²) in [6.07, 6.45) is 0.866. The van der Waals surface area contributed by atoms with Crippen LogP contribution in [0.1, 0.15) is 27.2 Å². The monoisotopic (exact) mass is 259 g/mol. The third kappa shape index (κ3) is 8.03. The second-order valence-electron chi connectivity index (χ2n) is 4.28. The Kier molecular flexibility index (Phi) is 9.22. The molecule has 2 amide bonds. The Labute approximate surface area is 109 Å². The Morgan fingerprint density at radius 3 is 2.44 bits per heavy atom. The lowest BCUT2D eigenvalue weighted by Gasteiger charge is -2.17. The second kappa shape index (κ2) is 9.85. The van der Waals surface area contributed by atoms with Gasteiger partial charge in [-0.25, -0.2) is 0 Å². The molecule has 2 unspecified atom stereocenters. The lowest BCUT2D eigenvalue weighted by atomic mass is 10.2. The summed E-state index contributed by atoms with van der Waals surface area (Å²) in [5.41, 5.74) is 0. The van der Waals surface area contributed by atoms with Crippen LogP contribution in [-0.2, 0) is 14.3 Å². The molecular weight excluding hydrogens is 234 g/mol. The summed E-state index contributed by atoms with van der Waals surface area (Å²) in [7, 11) is 1.60. The molecule has 6 nitrogen and oxygen atoms in total. The molecular formula is C12H25N3O3. The van der Waals surface area contributed by atoms with Crippen molar-refractivity contribution in [3.05, 3.63) is 0 Å². The first-order chi connectivity index (χ1) is 8.51. The van der Waals surface area contributed by atoms with Crippen molar-refractivity contribution in [2.75, 3.05) is 26.8 Å². The number of amides is 2. The fourth-order valence-corrected chi connectivity index (χ4v) is 1.20. The van der Waals surface area contributed by atoms with Crippen LogP contribution >= 0.6 is 0 Å². The molecule has 0 heterocycles. The molecule has 0 aliphatic carbocycles. The van der Waals surface area contributed by atoms with Crippen LogP contribution < -0.4 is 16.0 Å². The zero-order valence-electron chi connectivity index (χ0n) is 11.7. The van der Waals surface area contributed by atoms with Crippen LogP contribution in [0.2, 0.25) is 0 Å². The van der Waals surface area contributed by atoms with Crippen molar-refractivity contribution >= 4 is 11.8 Å². The first kappa shape index (κ1) is 16.9. The molecule has 18 heavy (non-hydrogen) atoms. The van der Waals surface area contributed by atoms with E-state index in [1.807, 2.05) is 13.8 Å². The van der Waals surface area contributed by atoms with E-state index in [9.17, 15) is 9.59 Å². The van der Waals surface area contributed by atoms with Gasteiger partial charge in [0.25, 0.3) is 0 Å². The zero-order chi connectivity index (χ0) is 14.0. The van der Waals surface area contributed by atoms with E-state index in [2.05, 4.69) is 16.0 Å². The highest BCUT2D eigenvalue weighted by atomic mass is 16.5. The topological polar surface area (TPSA) is 79.5 Å². The smallest absolute Gasteiger partial charge is 0.242 e. The molecule has 0 rings (SSSR count). The highest BCUT2D eigenvalue weighted by Crippen LogP contribution is 1.90. The molecule has 0 aromatic carbocycles. The van der Waals surface area contributed by atoms with Gasteiger partial charge in [-0.2, -0.15) is 0 Å². The Morgan fingerprint density at radius 1 is 1.22 bits per heavy atom. The predicted molar refractivity (Wildman–Crippen MR) is 70.2 cm³/mol. The molecule has 0 fully saturated rings. The molecule has 6 heteroatoms. The van der Waals surface area contributed by atoms with Crippen molar-refractivity contribution in [2.24, 2.45) is 0 Å². The van der Waals surface area contributed by atoms with Gasteiger partial charge in [-0.1, -0.05) is 6.92 Å². The van der Waals surface area contributed by atoms with Gasteiger partial charge in [0, 0.05) is 19.7 Å². The van der Waals surface area contributed by atoms with Gasteiger partial charge in [0.1, 0.15) is 6.04 Å². The number of nitrogens with one attached hydrogen (secondary N) is 3. The molecule has 0 saturated carbocycles. The molecule has 0 saturated heterocycles. The Hall–Kier alpha value is -1.14. The van der Waals surface area contributed by atoms with Crippen LogP contribution in [0.15, 0.2) is 0 Å². The summed E-state index contributed by atoms with van der Waals surface area (Å²) in [6, 6.07) is -0.396. The fraction of sp³-hybridized carbons (Fsp3) is 0.833. The van der Waals surface area contributed by atoms with E-state index in [4.69, 9.17) is 4.74 Å². The number of methoxy groups -OCH3 is 1. The summed E-state index contributed by atoms with van der Waals surface area (Å²) in [6.45, 7) is 6.94. The minimum absolute atomic E-state index is 0.122. The number of carbonyl (C=O) groups is 2. The zero-order valence-corrected chi connectivity index (χ0v) is 11.7. The minimum atomic E-state index is -0.518. The molecule has 106 valence electrons. The van der Waals surface area contributed by atoms with E-state index < -0.39 is 6.04 Å². The highest BCUT2D eigenvalue weighted by molar-refractivity contribution is 5.88. The van der Waals surface area contributed by atoms with Crippen molar-refractivity contribution in [1.29, 1.82) is 0 Å². The first-order valence-electron chi connectivity index (χ1n) is 6.30. The van der Waals surface area contributed by atoms with E-state index >= 15 is 0 Å². The summed E-state index contributed by atoms with van der Waals surface area (Å²) in [5, 5.41) is 8.36. The molecule has 0 aromatic heterocycles. The molecule has 3 N–H and O–H groups in total. The average molecular weight is 259 g/mol. The largest absolute Gasteiger partial charge is 0.383 e. The molecule has 2 atom stereocenters. The van der Waals surface area contributed by atoms with Gasteiger partial charge >= 0.3 is 0 Å². The van der Waals surface area contributed by atoms with Crippen molar-refractivity contribution in [2.45, 2.75) is 39.3 Å². The van der Waals surface area contributed by atoms with Gasteiger partial charge < -0.3 is 20.7 Å². The van der Waals surface area contributed by atoms with Gasteiger partial charge in [0.15, 0.2) is 0 Å². The van der Waals surface area contributed by atoms with E-state index in [0.29, 0.717) is 13.2 Å². The number of ether oxygens (including phenoxy) is 1. The number of hydrogen-bond acceptors (Lipinski definition) is 4. The van der Waals surface area contributed by atoms with Crippen LogP contribution in [0, 0.1) is 0 Å². The van der Waals surface area contributed by atoms with Gasteiger partial charge in [-0.05, 0) is 20.3 Å². The molecule has 0 aromatic rings. The Balaban J connectivity index is 3.81. The maximum absolute atomic E-state index is 11.7. The molecule has 0 aliphatic heterocycles. The van der Waals surface area contributed by atoms with E-state index in [1.165, 1.54) is 0 Å². The van der Waals surface area contributed by atoms with Gasteiger partial charge in [-0.3, -0.25) is 9.59 Å². The Bertz CT molecular complexity index is 259. The van der Waals surface area contributed by atoms with Crippen molar-refractivity contribution in [3.63, 3.8) is 0 Å². The maximum Gasteiger partial charge on any atom is 0.242 e. The van der Waals surface area contributed by atoms with Crippen LogP contribution in [0.25, 0.3) is 0 Å². The summed E-state index contributed by atoms with van der Waals surface area (Å²) in [4.78, 5) is 23.1. The molecule has 0 bridgehead atoms. The number of rotatable bonds is 9. The third-order valence-corrected chi connectivity index (χ3v) is 2.54. The highest BCUT2D eigenvalue weighted by Gasteiger charge is 2.16. The van der Waals surface area contributed by atoms with Crippen LogP contribution in [0.4, 0.5) is 0 Å². The van der Waals surface area contributed by atoms with Crippen LogP contribution in [0.5, 0.6) is 0 Å². The summed E-state index contributed by atoms with van der Waals surface area (Å²) < 4.78 is 4.84. The second-order valence-corrected chi connectivity index (χ2v) is 4.28. The average Bonchev–Trinajstić information content (AvgIpc) is 2.34. The number of carbonyl (C=O) groups excluding carboxylic acids is 2. The van der Waals surface area contributed by atoms with E-state index in [0.717, 1.165) is 6.42 Å². The summed E-state index contributed by atoms with van der Waals surface area (Å²) >= 11 is 0.